The Balaban J connectivity index is 2.41. The van der Waals surface area contributed by atoms with Gasteiger partial charge in [0, 0.05) is 0 Å². The molecule has 0 fully saturated rings. The molecule has 3 heteroatoms. The molecule has 94 valence electrons. The number of benzene rings is 2. The number of alkyl halides is 1. The van der Waals surface area contributed by atoms with Gasteiger partial charge >= 0.3 is 0 Å². The van der Waals surface area contributed by atoms with Crippen molar-refractivity contribution in [2.45, 2.75) is 18.7 Å². The normalized spacial score (nSPS) is 12.4. The fraction of sp³-hybridized carbons (Fsp3) is 0.200. The van der Waals surface area contributed by atoms with Gasteiger partial charge in [-0.3, -0.25) is 0 Å². The lowest BCUT2D eigenvalue weighted by atomic mass is 10.0. The summed E-state index contributed by atoms with van der Waals surface area (Å²) in [6.07, 6.45) is 0.909. The second kappa shape index (κ2) is 5.97. The highest BCUT2D eigenvalue weighted by molar-refractivity contribution is 6.42. The van der Waals surface area contributed by atoms with Crippen LogP contribution in [0.3, 0.4) is 0 Å². The molecule has 0 radical (unpaired) electrons. The van der Waals surface area contributed by atoms with E-state index in [1.807, 2.05) is 36.4 Å². The van der Waals surface area contributed by atoms with Crippen molar-refractivity contribution >= 4 is 34.8 Å². The zero-order valence-electron chi connectivity index (χ0n) is 9.96. The van der Waals surface area contributed by atoms with E-state index < -0.39 is 0 Å². The molecule has 2 aromatic carbocycles. The summed E-state index contributed by atoms with van der Waals surface area (Å²) >= 11 is 18.2. The molecule has 2 aromatic rings. The van der Waals surface area contributed by atoms with Crippen molar-refractivity contribution in [2.75, 3.05) is 0 Å². The molecular formula is C15H13Cl3. The van der Waals surface area contributed by atoms with Gasteiger partial charge in [-0.15, -0.1) is 11.6 Å². The molecule has 0 heterocycles. The van der Waals surface area contributed by atoms with Crippen LogP contribution in [0.15, 0.2) is 42.5 Å². The van der Waals surface area contributed by atoms with Gasteiger partial charge in [0.05, 0.1) is 15.4 Å². The SMILES string of the molecule is CC[C@@H](Cl)c1cccc(-c2ccc(Cl)c(Cl)c2)c1. The van der Waals surface area contributed by atoms with Crippen molar-refractivity contribution in [2.24, 2.45) is 0 Å². The first kappa shape index (κ1) is 13.7. The van der Waals surface area contributed by atoms with Gasteiger partial charge in [0.15, 0.2) is 0 Å². The molecule has 0 N–H and O–H groups in total. The van der Waals surface area contributed by atoms with Crippen molar-refractivity contribution in [3.8, 4) is 11.1 Å². The molecule has 0 aliphatic carbocycles. The van der Waals surface area contributed by atoms with E-state index in [9.17, 15) is 0 Å². The molecule has 0 spiro atoms. The van der Waals surface area contributed by atoms with Crippen LogP contribution in [0.2, 0.25) is 10.0 Å². The highest BCUT2D eigenvalue weighted by Gasteiger charge is 2.07. The number of hydrogen-bond donors (Lipinski definition) is 0. The van der Waals surface area contributed by atoms with Gasteiger partial charge in [0.25, 0.3) is 0 Å². The van der Waals surface area contributed by atoms with E-state index in [2.05, 4.69) is 13.0 Å². The lowest BCUT2D eigenvalue weighted by Gasteiger charge is -2.10. The molecule has 0 nitrogen and oxygen atoms in total. The molecule has 2 rings (SSSR count). The van der Waals surface area contributed by atoms with Gasteiger partial charge < -0.3 is 0 Å². The summed E-state index contributed by atoms with van der Waals surface area (Å²) in [6, 6.07) is 13.8. The molecule has 0 saturated heterocycles. The van der Waals surface area contributed by atoms with Crippen LogP contribution in [0.4, 0.5) is 0 Å². The molecule has 0 aliphatic heterocycles. The zero-order chi connectivity index (χ0) is 13.1. The summed E-state index contributed by atoms with van der Waals surface area (Å²) in [4.78, 5) is 0. The Hall–Kier alpha value is -0.690. The third kappa shape index (κ3) is 3.00. The van der Waals surface area contributed by atoms with E-state index >= 15 is 0 Å². The van der Waals surface area contributed by atoms with Crippen LogP contribution in [0.25, 0.3) is 11.1 Å². The molecule has 0 saturated carbocycles. The Morgan fingerprint density at radius 3 is 2.33 bits per heavy atom. The number of halogens is 3. The van der Waals surface area contributed by atoms with Crippen molar-refractivity contribution in [1.82, 2.24) is 0 Å². The minimum absolute atomic E-state index is 0.0488. The van der Waals surface area contributed by atoms with Crippen LogP contribution in [-0.2, 0) is 0 Å². The molecule has 1 atom stereocenters. The minimum Gasteiger partial charge on any atom is -0.118 e. The highest BCUT2D eigenvalue weighted by atomic mass is 35.5. The van der Waals surface area contributed by atoms with Gasteiger partial charge in [0.2, 0.25) is 0 Å². The predicted molar refractivity (Wildman–Crippen MR) is 80.8 cm³/mol. The fourth-order valence-corrected chi connectivity index (χ4v) is 2.26. The second-order valence-electron chi connectivity index (χ2n) is 4.13. The molecule has 0 bridgehead atoms. The van der Waals surface area contributed by atoms with Gasteiger partial charge in [-0.2, -0.15) is 0 Å². The molecule has 0 aromatic heterocycles. The Kier molecular flexibility index (Phi) is 4.55. The van der Waals surface area contributed by atoms with Crippen LogP contribution in [-0.4, -0.2) is 0 Å². The maximum Gasteiger partial charge on any atom is 0.0598 e. The summed E-state index contributed by atoms with van der Waals surface area (Å²) in [5.41, 5.74) is 3.28. The van der Waals surface area contributed by atoms with E-state index in [4.69, 9.17) is 34.8 Å². The van der Waals surface area contributed by atoms with E-state index in [1.54, 1.807) is 0 Å². The largest absolute Gasteiger partial charge is 0.118 e. The van der Waals surface area contributed by atoms with Crippen LogP contribution in [0.5, 0.6) is 0 Å². The smallest absolute Gasteiger partial charge is 0.0598 e. The Morgan fingerprint density at radius 1 is 0.944 bits per heavy atom. The first-order valence-electron chi connectivity index (χ1n) is 5.81. The number of rotatable bonds is 3. The minimum atomic E-state index is 0.0488. The van der Waals surface area contributed by atoms with E-state index in [1.165, 1.54) is 0 Å². The van der Waals surface area contributed by atoms with Gasteiger partial charge in [-0.05, 0) is 41.3 Å². The van der Waals surface area contributed by atoms with Crippen molar-refractivity contribution in [3.63, 3.8) is 0 Å². The van der Waals surface area contributed by atoms with Crippen LogP contribution >= 0.6 is 34.8 Å². The third-order valence-corrected chi connectivity index (χ3v) is 4.16. The first-order chi connectivity index (χ1) is 8.61. The van der Waals surface area contributed by atoms with E-state index in [0.29, 0.717) is 10.0 Å². The third-order valence-electron chi connectivity index (χ3n) is 2.86. The van der Waals surface area contributed by atoms with Gasteiger partial charge in [-0.1, -0.05) is 54.4 Å². The van der Waals surface area contributed by atoms with E-state index in [0.717, 1.165) is 23.1 Å². The quantitative estimate of drug-likeness (QED) is 0.579. The fourth-order valence-electron chi connectivity index (χ4n) is 1.82. The topological polar surface area (TPSA) is 0 Å². The summed E-state index contributed by atoms with van der Waals surface area (Å²) in [6.45, 7) is 2.07. The maximum atomic E-state index is 6.26. The van der Waals surface area contributed by atoms with Crippen molar-refractivity contribution < 1.29 is 0 Å². The molecular weight excluding hydrogens is 287 g/mol. The summed E-state index contributed by atoms with van der Waals surface area (Å²) in [5.74, 6) is 0. The lowest BCUT2D eigenvalue weighted by Crippen LogP contribution is -1.89. The van der Waals surface area contributed by atoms with E-state index in [-0.39, 0.29) is 5.38 Å². The van der Waals surface area contributed by atoms with Crippen LogP contribution < -0.4 is 0 Å². The summed E-state index contributed by atoms with van der Waals surface area (Å²) < 4.78 is 0. The summed E-state index contributed by atoms with van der Waals surface area (Å²) in [5, 5.41) is 1.19. The monoisotopic (exact) mass is 298 g/mol. The average Bonchev–Trinajstić information content (AvgIpc) is 2.41. The highest BCUT2D eigenvalue weighted by Crippen LogP contribution is 2.31. The zero-order valence-corrected chi connectivity index (χ0v) is 12.2. The molecule has 18 heavy (non-hydrogen) atoms. The lowest BCUT2D eigenvalue weighted by molar-refractivity contribution is 0.884. The molecule has 0 unspecified atom stereocenters. The van der Waals surface area contributed by atoms with Gasteiger partial charge in [-0.25, -0.2) is 0 Å². The average molecular weight is 300 g/mol. The maximum absolute atomic E-state index is 6.26. The Morgan fingerprint density at radius 2 is 1.67 bits per heavy atom. The number of hydrogen-bond acceptors (Lipinski definition) is 0. The van der Waals surface area contributed by atoms with Crippen LogP contribution in [0, 0.1) is 0 Å². The standard InChI is InChI=1S/C15H13Cl3/c1-2-13(16)12-5-3-4-10(8-12)11-6-7-14(17)15(18)9-11/h3-9,13H,2H2,1H3/t13-/m1/s1. The van der Waals surface area contributed by atoms with Gasteiger partial charge in [0.1, 0.15) is 0 Å². The second-order valence-corrected chi connectivity index (χ2v) is 5.47. The molecule has 0 aliphatic rings. The van der Waals surface area contributed by atoms with Crippen molar-refractivity contribution in [3.05, 3.63) is 58.1 Å². The summed E-state index contributed by atoms with van der Waals surface area (Å²) in [7, 11) is 0. The first-order valence-corrected chi connectivity index (χ1v) is 7.00. The Bertz CT molecular complexity index is 549. The Labute approximate surface area is 122 Å². The van der Waals surface area contributed by atoms with Crippen molar-refractivity contribution in [1.29, 1.82) is 0 Å². The predicted octanol–water partition coefficient (Wildman–Crippen LogP) is 6.35. The molecule has 0 amide bonds. The van der Waals surface area contributed by atoms with Crippen LogP contribution in [0.1, 0.15) is 24.3 Å².